The highest BCUT2D eigenvalue weighted by Gasteiger charge is 2.40. The Morgan fingerprint density at radius 2 is 2.22 bits per heavy atom. The minimum atomic E-state index is -1.01. The van der Waals surface area contributed by atoms with Crippen LogP contribution < -0.4 is 5.32 Å². The maximum absolute atomic E-state index is 12.5. The van der Waals surface area contributed by atoms with Gasteiger partial charge in [0.05, 0.1) is 18.7 Å². The maximum atomic E-state index is 12.5. The fraction of sp³-hybridized carbons (Fsp3) is 0.833. The average molecular weight is 256 g/mol. The van der Waals surface area contributed by atoms with Crippen LogP contribution in [0.25, 0.3) is 0 Å². The first-order chi connectivity index (χ1) is 8.53. The number of carboxylic acids is 1. The van der Waals surface area contributed by atoms with Crippen LogP contribution in [-0.2, 0) is 14.3 Å². The molecule has 2 heterocycles. The molecule has 0 aromatic rings. The van der Waals surface area contributed by atoms with Gasteiger partial charge in [-0.1, -0.05) is 0 Å². The number of nitrogens with zero attached hydrogens (tertiary/aromatic N) is 1. The van der Waals surface area contributed by atoms with E-state index >= 15 is 0 Å². The van der Waals surface area contributed by atoms with E-state index in [4.69, 9.17) is 9.84 Å². The Bertz CT molecular complexity index is 339. The number of amides is 1. The second kappa shape index (κ2) is 5.24. The van der Waals surface area contributed by atoms with Gasteiger partial charge in [-0.3, -0.25) is 4.79 Å². The molecule has 102 valence electrons. The van der Waals surface area contributed by atoms with E-state index < -0.39 is 17.6 Å². The Kier molecular flexibility index (Phi) is 3.87. The van der Waals surface area contributed by atoms with Gasteiger partial charge in [-0.15, -0.1) is 0 Å². The molecule has 0 aromatic carbocycles. The Balaban J connectivity index is 2.01. The standard InChI is InChI=1S/C12H20N2O4/c1-12(4-2-3-5-13-12)11(17)14-6-7-18-9(8-14)10(15)16/h9,13H,2-8H2,1H3,(H,15,16). The molecule has 0 radical (unpaired) electrons. The lowest BCUT2D eigenvalue weighted by Crippen LogP contribution is -2.61. The number of carboxylic acid groups (broad SMARTS) is 1. The van der Waals surface area contributed by atoms with Gasteiger partial charge in [-0.05, 0) is 32.7 Å². The quantitative estimate of drug-likeness (QED) is 0.717. The topological polar surface area (TPSA) is 78.9 Å². The summed E-state index contributed by atoms with van der Waals surface area (Å²) in [6, 6.07) is 0. The monoisotopic (exact) mass is 256 g/mol. The molecule has 18 heavy (non-hydrogen) atoms. The van der Waals surface area contributed by atoms with Crippen molar-refractivity contribution in [2.45, 2.75) is 37.8 Å². The Morgan fingerprint density at radius 3 is 2.83 bits per heavy atom. The van der Waals surface area contributed by atoms with Gasteiger partial charge in [0.1, 0.15) is 0 Å². The number of aliphatic carboxylic acids is 1. The number of morpholine rings is 1. The molecule has 2 unspecified atom stereocenters. The Labute approximate surface area is 106 Å². The molecule has 1 amide bonds. The number of hydrogen-bond donors (Lipinski definition) is 2. The van der Waals surface area contributed by atoms with Crippen molar-refractivity contribution in [2.75, 3.05) is 26.2 Å². The summed E-state index contributed by atoms with van der Waals surface area (Å²) in [6.07, 6.45) is 2.03. The highest BCUT2D eigenvalue weighted by atomic mass is 16.5. The van der Waals surface area contributed by atoms with Gasteiger partial charge >= 0.3 is 5.97 Å². The molecule has 0 saturated carbocycles. The summed E-state index contributed by atoms with van der Waals surface area (Å²) in [7, 11) is 0. The zero-order valence-corrected chi connectivity index (χ0v) is 10.6. The van der Waals surface area contributed by atoms with Crippen LogP contribution in [0.5, 0.6) is 0 Å². The normalized spacial score (nSPS) is 33.2. The molecular formula is C12H20N2O4. The first-order valence-electron chi connectivity index (χ1n) is 6.42. The van der Waals surface area contributed by atoms with Crippen molar-refractivity contribution < 1.29 is 19.4 Å². The zero-order chi connectivity index (χ0) is 13.2. The SMILES string of the molecule is CC1(C(=O)N2CCOC(C(=O)O)C2)CCCCN1. The van der Waals surface area contributed by atoms with Crippen LogP contribution >= 0.6 is 0 Å². The summed E-state index contributed by atoms with van der Waals surface area (Å²) in [5.74, 6) is -1.01. The summed E-state index contributed by atoms with van der Waals surface area (Å²) in [5, 5.41) is 12.2. The van der Waals surface area contributed by atoms with Crippen molar-refractivity contribution in [3.63, 3.8) is 0 Å². The van der Waals surface area contributed by atoms with Gasteiger partial charge in [0.15, 0.2) is 6.10 Å². The lowest BCUT2D eigenvalue weighted by molar-refractivity contribution is -0.161. The number of rotatable bonds is 2. The highest BCUT2D eigenvalue weighted by molar-refractivity contribution is 5.87. The van der Waals surface area contributed by atoms with Gasteiger partial charge in [0, 0.05) is 6.54 Å². The predicted octanol–water partition coefficient (Wildman–Crippen LogP) is -0.169. The molecule has 2 aliphatic heterocycles. The van der Waals surface area contributed by atoms with Gasteiger partial charge in [0.2, 0.25) is 5.91 Å². The molecule has 0 aromatic heterocycles. The number of piperidine rings is 1. The van der Waals surface area contributed by atoms with Crippen LogP contribution in [0.1, 0.15) is 26.2 Å². The van der Waals surface area contributed by atoms with E-state index in [1.54, 1.807) is 4.90 Å². The molecule has 2 N–H and O–H groups in total. The minimum absolute atomic E-state index is 0.00301. The van der Waals surface area contributed by atoms with E-state index in [0.717, 1.165) is 25.8 Å². The summed E-state index contributed by atoms with van der Waals surface area (Å²) in [4.78, 5) is 25.0. The molecule has 6 heteroatoms. The lowest BCUT2D eigenvalue weighted by atomic mass is 9.89. The average Bonchev–Trinajstić information content (AvgIpc) is 2.39. The van der Waals surface area contributed by atoms with Crippen LogP contribution in [0.3, 0.4) is 0 Å². The minimum Gasteiger partial charge on any atom is -0.479 e. The van der Waals surface area contributed by atoms with E-state index in [-0.39, 0.29) is 12.5 Å². The van der Waals surface area contributed by atoms with E-state index in [1.165, 1.54) is 0 Å². The van der Waals surface area contributed by atoms with Crippen LogP contribution in [0.15, 0.2) is 0 Å². The summed E-state index contributed by atoms with van der Waals surface area (Å²) in [5.41, 5.74) is -0.543. The molecule has 0 aliphatic carbocycles. The van der Waals surface area contributed by atoms with E-state index in [9.17, 15) is 9.59 Å². The second-order valence-corrected chi connectivity index (χ2v) is 5.16. The third-order valence-corrected chi connectivity index (χ3v) is 3.72. The third-order valence-electron chi connectivity index (χ3n) is 3.72. The Hall–Kier alpha value is -1.14. The van der Waals surface area contributed by atoms with Crippen molar-refractivity contribution in [1.29, 1.82) is 0 Å². The summed E-state index contributed by atoms with van der Waals surface area (Å²) < 4.78 is 5.13. The van der Waals surface area contributed by atoms with Gasteiger partial charge in [-0.25, -0.2) is 4.79 Å². The number of hydrogen-bond acceptors (Lipinski definition) is 4. The van der Waals surface area contributed by atoms with E-state index in [0.29, 0.717) is 13.2 Å². The largest absolute Gasteiger partial charge is 0.479 e. The van der Waals surface area contributed by atoms with Gasteiger partial charge < -0.3 is 20.1 Å². The smallest absolute Gasteiger partial charge is 0.334 e. The van der Waals surface area contributed by atoms with Crippen LogP contribution in [0, 0.1) is 0 Å². The molecule has 6 nitrogen and oxygen atoms in total. The van der Waals surface area contributed by atoms with Crippen molar-refractivity contribution >= 4 is 11.9 Å². The number of ether oxygens (including phenoxy) is 1. The number of nitrogens with one attached hydrogen (secondary N) is 1. The first-order valence-corrected chi connectivity index (χ1v) is 6.42. The predicted molar refractivity (Wildman–Crippen MR) is 64.2 cm³/mol. The molecule has 2 atom stereocenters. The van der Waals surface area contributed by atoms with Crippen LogP contribution in [-0.4, -0.2) is 59.8 Å². The third kappa shape index (κ3) is 2.64. The molecule has 0 bridgehead atoms. The number of carbonyl (C=O) groups excluding carboxylic acids is 1. The second-order valence-electron chi connectivity index (χ2n) is 5.16. The van der Waals surface area contributed by atoms with Crippen LogP contribution in [0.2, 0.25) is 0 Å². The maximum Gasteiger partial charge on any atom is 0.334 e. The fourth-order valence-corrected chi connectivity index (χ4v) is 2.57. The molecule has 2 fully saturated rings. The fourth-order valence-electron chi connectivity index (χ4n) is 2.57. The Morgan fingerprint density at radius 1 is 1.44 bits per heavy atom. The summed E-state index contributed by atoms with van der Waals surface area (Å²) >= 11 is 0. The molecule has 0 spiro atoms. The van der Waals surface area contributed by atoms with Gasteiger partial charge in [-0.2, -0.15) is 0 Å². The van der Waals surface area contributed by atoms with Crippen molar-refractivity contribution in [3.05, 3.63) is 0 Å². The molecule has 2 rings (SSSR count). The van der Waals surface area contributed by atoms with Crippen molar-refractivity contribution in [1.82, 2.24) is 10.2 Å². The van der Waals surface area contributed by atoms with Gasteiger partial charge in [0.25, 0.3) is 0 Å². The lowest BCUT2D eigenvalue weighted by Gasteiger charge is -2.40. The highest BCUT2D eigenvalue weighted by Crippen LogP contribution is 2.22. The molecule has 2 aliphatic rings. The summed E-state index contributed by atoms with van der Waals surface area (Å²) in [6.45, 7) is 3.65. The number of carbonyl (C=O) groups is 2. The van der Waals surface area contributed by atoms with Crippen LogP contribution in [0.4, 0.5) is 0 Å². The van der Waals surface area contributed by atoms with E-state index in [2.05, 4.69) is 5.32 Å². The van der Waals surface area contributed by atoms with Crippen molar-refractivity contribution in [2.24, 2.45) is 0 Å². The van der Waals surface area contributed by atoms with Crippen molar-refractivity contribution in [3.8, 4) is 0 Å². The first kappa shape index (κ1) is 13.3. The molecular weight excluding hydrogens is 236 g/mol. The zero-order valence-electron chi connectivity index (χ0n) is 10.6. The molecule has 2 saturated heterocycles. The van der Waals surface area contributed by atoms with E-state index in [1.807, 2.05) is 6.92 Å².